The van der Waals surface area contributed by atoms with Crippen LogP contribution >= 0.6 is 11.8 Å². The first-order chi connectivity index (χ1) is 12.0. The third kappa shape index (κ3) is 4.92. The van der Waals surface area contributed by atoms with Crippen LogP contribution in [0.5, 0.6) is 0 Å². The van der Waals surface area contributed by atoms with Gasteiger partial charge in [-0.05, 0) is 48.7 Å². The standard InChI is InChI=1S/C16H15F3N2O3S2/c1-10(22)20-14-9-13(7-8-15(14)25-2)26(23,24)21-12-5-3-11(4-6-12)16(17,18)19/h3-9,21H,1-2H3,(H,20,22). The van der Waals surface area contributed by atoms with Crippen LogP contribution in [0, 0.1) is 0 Å². The van der Waals surface area contributed by atoms with Crippen molar-refractivity contribution in [1.29, 1.82) is 0 Å². The van der Waals surface area contributed by atoms with Crippen LogP contribution in [0.15, 0.2) is 52.3 Å². The molecule has 2 aromatic rings. The molecular weight excluding hydrogens is 389 g/mol. The van der Waals surface area contributed by atoms with Crippen LogP contribution in [-0.4, -0.2) is 20.6 Å². The van der Waals surface area contributed by atoms with E-state index in [2.05, 4.69) is 10.0 Å². The van der Waals surface area contributed by atoms with Gasteiger partial charge in [-0.15, -0.1) is 11.8 Å². The average molecular weight is 404 g/mol. The number of carbonyl (C=O) groups is 1. The average Bonchev–Trinajstić information content (AvgIpc) is 2.53. The van der Waals surface area contributed by atoms with E-state index in [1.165, 1.54) is 36.9 Å². The van der Waals surface area contributed by atoms with Crippen LogP contribution in [0.4, 0.5) is 24.5 Å². The van der Waals surface area contributed by atoms with E-state index in [0.717, 1.165) is 24.3 Å². The SMILES string of the molecule is CSc1ccc(S(=O)(=O)Nc2ccc(C(F)(F)F)cc2)cc1NC(C)=O. The van der Waals surface area contributed by atoms with E-state index in [9.17, 15) is 26.4 Å². The summed E-state index contributed by atoms with van der Waals surface area (Å²) in [5.74, 6) is -0.356. The Morgan fingerprint density at radius 2 is 1.69 bits per heavy atom. The fourth-order valence-electron chi connectivity index (χ4n) is 2.08. The molecule has 0 saturated heterocycles. The number of amides is 1. The topological polar surface area (TPSA) is 75.3 Å². The van der Waals surface area contributed by atoms with Crippen molar-refractivity contribution in [3.8, 4) is 0 Å². The second-order valence-electron chi connectivity index (χ2n) is 5.22. The highest BCUT2D eigenvalue weighted by Crippen LogP contribution is 2.31. The van der Waals surface area contributed by atoms with Crippen molar-refractivity contribution >= 4 is 39.1 Å². The zero-order valence-corrected chi connectivity index (χ0v) is 15.3. The molecule has 2 aromatic carbocycles. The van der Waals surface area contributed by atoms with Crippen LogP contribution in [0.1, 0.15) is 12.5 Å². The van der Waals surface area contributed by atoms with Gasteiger partial charge in [-0.25, -0.2) is 8.42 Å². The second-order valence-corrected chi connectivity index (χ2v) is 7.75. The first kappa shape index (κ1) is 20.1. The van der Waals surface area contributed by atoms with Gasteiger partial charge in [0.1, 0.15) is 0 Å². The highest BCUT2D eigenvalue weighted by atomic mass is 32.2. The van der Waals surface area contributed by atoms with Gasteiger partial charge in [-0.3, -0.25) is 9.52 Å². The van der Waals surface area contributed by atoms with Crippen molar-refractivity contribution in [2.45, 2.75) is 22.9 Å². The molecule has 5 nitrogen and oxygen atoms in total. The normalized spacial score (nSPS) is 11.9. The van der Waals surface area contributed by atoms with Crippen molar-refractivity contribution < 1.29 is 26.4 Å². The predicted molar refractivity (Wildman–Crippen MR) is 94.8 cm³/mol. The number of alkyl halides is 3. The highest BCUT2D eigenvalue weighted by Gasteiger charge is 2.30. The van der Waals surface area contributed by atoms with Gasteiger partial charge < -0.3 is 5.32 Å². The molecule has 2 N–H and O–H groups in total. The molecule has 0 atom stereocenters. The Morgan fingerprint density at radius 1 is 1.08 bits per heavy atom. The van der Waals surface area contributed by atoms with Crippen molar-refractivity contribution in [2.75, 3.05) is 16.3 Å². The Balaban J connectivity index is 2.31. The van der Waals surface area contributed by atoms with Gasteiger partial charge >= 0.3 is 6.18 Å². The molecule has 26 heavy (non-hydrogen) atoms. The number of halogens is 3. The van der Waals surface area contributed by atoms with E-state index in [-0.39, 0.29) is 16.5 Å². The fourth-order valence-corrected chi connectivity index (χ4v) is 3.70. The summed E-state index contributed by atoms with van der Waals surface area (Å²) in [6.45, 7) is 1.30. The Morgan fingerprint density at radius 3 is 2.19 bits per heavy atom. The lowest BCUT2D eigenvalue weighted by atomic mass is 10.2. The van der Waals surface area contributed by atoms with Crippen molar-refractivity contribution in [2.24, 2.45) is 0 Å². The van der Waals surface area contributed by atoms with E-state index in [4.69, 9.17) is 0 Å². The zero-order chi connectivity index (χ0) is 19.5. The second kappa shape index (κ2) is 7.58. The number of nitrogens with one attached hydrogen (secondary N) is 2. The Kier molecular flexibility index (Phi) is 5.87. The maximum atomic E-state index is 12.6. The molecule has 0 radical (unpaired) electrons. The van der Waals surface area contributed by atoms with Crippen LogP contribution in [0.2, 0.25) is 0 Å². The van der Waals surface area contributed by atoms with Gasteiger partial charge in [-0.2, -0.15) is 13.2 Å². The van der Waals surface area contributed by atoms with Crippen molar-refractivity contribution in [3.63, 3.8) is 0 Å². The molecule has 0 heterocycles. The van der Waals surface area contributed by atoms with Gasteiger partial charge in [0.05, 0.1) is 16.1 Å². The largest absolute Gasteiger partial charge is 0.416 e. The molecule has 0 saturated carbocycles. The maximum absolute atomic E-state index is 12.6. The van der Waals surface area contributed by atoms with Crippen LogP contribution in [0.3, 0.4) is 0 Å². The number of anilines is 2. The third-order valence-corrected chi connectivity index (χ3v) is 5.43. The smallest absolute Gasteiger partial charge is 0.325 e. The summed E-state index contributed by atoms with van der Waals surface area (Å²) in [7, 11) is -4.04. The molecule has 0 aliphatic heterocycles. The monoisotopic (exact) mass is 404 g/mol. The Labute approximate surface area is 153 Å². The first-order valence-corrected chi connectivity index (χ1v) is 9.89. The van der Waals surface area contributed by atoms with Crippen LogP contribution in [-0.2, 0) is 21.0 Å². The highest BCUT2D eigenvalue weighted by molar-refractivity contribution is 7.98. The van der Waals surface area contributed by atoms with E-state index in [1.807, 2.05) is 0 Å². The number of benzene rings is 2. The predicted octanol–water partition coefficient (Wildman–Crippen LogP) is 4.19. The molecule has 0 aromatic heterocycles. The number of carbonyl (C=O) groups excluding carboxylic acids is 1. The van der Waals surface area contributed by atoms with E-state index < -0.39 is 21.8 Å². The maximum Gasteiger partial charge on any atom is 0.416 e. The van der Waals surface area contributed by atoms with Crippen LogP contribution in [0.25, 0.3) is 0 Å². The number of thioether (sulfide) groups is 1. The molecule has 10 heteroatoms. The molecule has 0 bridgehead atoms. The summed E-state index contributed by atoms with van der Waals surface area (Å²) in [6.07, 6.45) is -2.73. The summed E-state index contributed by atoms with van der Waals surface area (Å²) in [5.41, 5.74) is -0.550. The molecule has 2 rings (SSSR count). The van der Waals surface area contributed by atoms with Crippen molar-refractivity contribution in [1.82, 2.24) is 0 Å². The first-order valence-electron chi connectivity index (χ1n) is 7.18. The lowest BCUT2D eigenvalue weighted by Gasteiger charge is -2.13. The summed E-state index contributed by atoms with van der Waals surface area (Å²) in [4.78, 5) is 11.8. The summed E-state index contributed by atoms with van der Waals surface area (Å²) in [6, 6.07) is 7.83. The van der Waals surface area contributed by atoms with Gasteiger partial charge in [0.2, 0.25) is 5.91 Å². The van der Waals surface area contributed by atoms with E-state index in [0.29, 0.717) is 10.6 Å². The minimum atomic E-state index is -4.50. The number of hydrogen-bond acceptors (Lipinski definition) is 4. The zero-order valence-electron chi connectivity index (χ0n) is 13.7. The number of rotatable bonds is 5. The fraction of sp³-hybridized carbons (Fsp3) is 0.188. The Bertz CT molecular complexity index is 911. The van der Waals surface area contributed by atoms with E-state index in [1.54, 1.807) is 6.26 Å². The Hall–Kier alpha value is -2.20. The molecule has 0 spiro atoms. The molecule has 0 aliphatic carbocycles. The minimum absolute atomic E-state index is 0.00646. The molecular formula is C16H15F3N2O3S2. The van der Waals surface area contributed by atoms with Gasteiger partial charge in [-0.1, -0.05) is 0 Å². The van der Waals surface area contributed by atoms with Gasteiger partial charge in [0, 0.05) is 17.5 Å². The molecule has 140 valence electrons. The summed E-state index contributed by atoms with van der Waals surface area (Å²) in [5, 5.41) is 2.55. The summed E-state index contributed by atoms with van der Waals surface area (Å²) < 4.78 is 64.9. The summed E-state index contributed by atoms with van der Waals surface area (Å²) >= 11 is 1.33. The molecule has 1 amide bonds. The van der Waals surface area contributed by atoms with E-state index >= 15 is 0 Å². The lowest BCUT2D eigenvalue weighted by molar-refractivity contribution is -0.137. The molecule has 0 fully saturated rings. The molecule has 0 aliphatic rings. The van der Waals surface area contributed by atoms with Gasteiger partial charge in [0.15, 0.2) is 0 Å². The van der Waals surface area contributed by atoms with Gasteiger partial charge in [0.25, 0.3) is 10.0 Å². The lowest BCUT2D eigenvalue weighted by Crippen LogP contribution is -2.14. The third-order valence-electron chi connectivity index (χ3n) is 3.26. The minimum Gasteiger partial charge on any atom is -0.325 e. The number of sulfonamides is 1. The molecule has 0 unspecified atom stereocenters. The quantitative estimate of drug-likeness (QED) is 0.733. The van der Waals surface area contributed by atoms with Crippen molar-refractivity contribution in [3.05, 3.63) is 48.0 Å². The van der Waals surface area contributed by atoms with Crippen LogP contribution < -0.4 is 10.0 Å². The number of hydrogen-bond donors (Lipinski definition) is 2.